The van der Waals surface area contributed by atoms with Crippen molar-refractivity contribution in [3.8, 4) is 5.75 Å². The van der Waals surface area contributed by atoms with Gasteiger partial charge in [-0.3, -0.25) is 9.59 Å². The molecule has 2 aromatic rings. The fourth-order valence-corrected chi connectivity index (χ4v) is 2.55. The van der Waals surface area contributed by atoms with E-state index in [-0.39, 0.29) is 18.4 Å². The topological polar surface area (TPSA) is 67.4 Å². The third kappa shape index (κ3) is 3.51. The molecule has 0 fully saturated rings. The number of hydrogen-bond donors (Lipinski definition) is 2. The number of aryl methyl sites for hydroxylation is 2. The Morgan fingerprint density at radius 3 is 2.87 bits per heavy atom. The van der Waals surface area contributed by atoms with Gasteiger partial charge in [-0.15, -0.1) is 0 Å². The summed E-state index contributed by atoms with van der Waals surface area (Å²) in [6.07, 6.45) is 1.06. The van der Waals surface area contributed by atoms with Crippen LogP contribution in [0.5, 0.6) is 5.75 Å². The fraction of sp³-hybridized carbons (Fsp3) is 0.222. The zero-order chi connectivity index (χ0) is 16.2. The van der Waals surface area contributed by atoms with E-state index in [4.69, 9.17) is 4.74 Å². The van der Waals surface area contributed by atoms with E-state index in [1.807, 2.05) is 31.2 Å². The van der Waals surface area contributed by atoms with Gasteiger partial charge in [-0.25, -0.2) is 0 Å². The molecule has 0 spiro atoms. The van der Waals surface area contributed by atoms with Crippen molar-refractivity contribution in [2.24, 2.45) is 0 Å². The number of carbonyl (C=O) groups is 2. The molecule has 1 aliphatic rings. The van der Waals surface area contributed by atoms with Crippen molar-refractivity contribution in [2.75, 3.05) is 17.2 Å². The van der Waals surface area contributed by atoms with E-state index < -0.39 is 0 Å². The molecule has 0 unspecified atom stereocenters. The summed E-state index contributed by atoms with van der Waals surface area (Å²) in [6, 6.07) is 13.3. The highest BCUT2D eigenvalue weighted by Crippen LogP contribution is 2.34. The third-order valence-electron chi connectivity index (χ3n) is 3.81. The molecule has 0 saturated carbocycles. The Bertz CT molecular complexity index is 756. The molecule has 23 heavy (non-hydrogen) atoms. The Labute approximate surface area is 134 Å². The molecule has 0 aliphatic carbocycles. The average Bonchev–Trinajstić information content (AvgIpc) is 2.55. The lowest BCUT2D eigenvalue weighted by Crippen LogP contribution is -2.26. The molecule has 0 aromatic heterocycles. The Kier molecular flexibility index (Phi) is 4.28. The maximum atomic E-state index is 12.2. The number of benzene rings is 2. The molecule has 5 heteroatoms. The molecule has 2 aromatic carbocycles. The van der Waals surface area contributed by atoms with Crippen LogP contribution in [-0.4, -0.2) is 18.4 Å². The number of rotatable bonds is 4. The van der Waals surface area contributed by atoms with Gasteiger partial charge in [0.05, 0.1) is 5.69 Å². The van der Waals surface area contributed by atoms with Gasteiger partial charge < -0.3 is 15.4 Å². The molecule has 0 bridgehead atoms. The molecule has 118 valence electrons. The SMILES string of the molecule is Cc1ccccc1CCC(=O)Nc1cccc2c1NC(=O)CO2. The van der Waals surface area contributed by atoms with Crippen LogP contribution in [0, 0.1) is 6.92 Å². The van der Waals surface area contributed by atoms with Crippen LogP contribution in [0.2, 0.25) is 0 Å². The van der Waals surface area contributed by atoms with Crippen LogP contribution in [0.1, 0.15) is 17.5 Å². The molecule has 3 rings (SSSR count). The van der Waals surface area contributed by atoms with Gasteiger partial charge in [0, 0.05) is 6.42 Å². The molecule has 0 saturated heterocycles. The molecule has 2 amide bonds. The maximum Gasteiger partial charge on any atom is 0.262 e. The first-order valence-electron chi connectivity index (χ1n) is 7.53. The second-order valence-corrected chi connectivity index (χ2v) is 5.49. The van der Waals surface area contributed by atoms with Gasteiger partial charge in [0.15, 0.2) is 6.61 Å². The lowest BCUT2D eigenvalue weighted by molar-refractivity contribution is -0.119. The third-order valence-corrected chi connectivity index (χ3v) is 3.81. The second kappa shape index (κ2) is 6.52. The molecule has 5 nitrogen and oxygen atoms in total. The van der Waals surface area contributed by atoms with Gasteiger partial charge in [-0.05, 0) is 36.6 Å². The number of ether oxygens (including phenoxy) is 1. The van der Waals surface area contributed by atoms with Crippen LogP contribution in [0.3, 0.4) is 0 Å². The summed E-state index contributed by atoms with van der Waals surface area (Å²) in [6.45, 7) is 2.03. The fourth-order valence-electron chi connectivity index (χ4n) is 2.55. The highest BCUT2D eigenvalue weighted by atomic mass is 16.5. The largest absolute Gasteiger partial charge is 0.481 e. The summed E-state index contributed by atoms with van der Waals surface area (Å²) < 4.78 is 5.34. The molecule has 0 atom stereocenters. The van der Waals surface area contributed by atoms with Crippen LogP contribution in [0.25, 0.3) is 0 Å². The summed E-state index contributed by atoms with van der Waals surface area (Å²) in [7, 11) is 0. The predicted molar refractivity (Wildman–Crippen MR) is 88.7 cm³/mol. The first-order valence-corrected chi connectivity index (χ1v) is 7.53. The van der Waals surface area contributed by atoms with Gasteiger partial charge in [-0.1, -0.05) is 30.3 Å². The summed E-state index contributed by atoms with van der Waals surface area (Å²) in [5, 5.41) is 5.58. The first-order chi connectivity index (χ1) is 11.1. The van der Waals surface area contributed by atoms with Crippen molar-refractivity contribution in [1.82, 2.24) is 0 Å². The Morgan fingerprint density at radius 2 is 2.04 bits per heavy atom. The lowest BCUT2D eigenvalue weighted by atomic mass is 10.0. The van der Waals surface area contributed by atoms with E-state index in [9.17, 15) is 9.59 Å². The summed E-state index contributed by atoms with van der Waals surface area (Å²) in [4.78, 5) is 23.7. The predicted octanol–water partition coefficient (Wildman–Crippen LogP) is 2.90. The van der Waals surface area contributed by atoms with Crippen LogP contribution < -0.4 is 15.4 Å². The highest BCUT2D eigenvalue weighted by molar-refractivity contribution is 6.03. The van der Waals surface area contributed by atoms with Crippen LogP contribution in [-0.2, 0) is 16.0 Å². The number of hydrogen-bond acceptors (Lipinski definition) is 3. The monoisotopic (exact) mass is 310 g/mol. The zero-order valence-corrected chi connectivity index (χ0v) is 12.9. The standard InChI is InChI=1S/C18H18N2O3/c1-12-5-2-3-6-13(12)9-10-16(21)19-14-7-4-8-15-18(14)20-17(22)11-23-15/h2-8H,9-11H2,1H3,(H,19,21)(H,20,22). The summed E-state index contributed by atoms with van der Waals surface area (Å²) in [5.74, 6) is 0.252. The van der Waals surface area contributed by atoms with E-state index in [0.717, 1.165) is 5.56 Å². The molecule has 0 radical (unpaired) electrons. The minimum atomic E-state index is -0.223. The normalized spacial score (nSPS) is 12.8. The van der Waals surface area contributed by atoms with Crippen LogP contribution in [0.4, 0.5) is 11.4 Å². The highest BCUT2D eigenvalue weighted by Gasteiger charge is 2.19. The van der Waals surface area contributed by atoms with Crippen molar-refractivity contribution in [3.05, 3.63) is 53.6 Å². The Balaban J connectivity index is 1.67. The minimum Gasteiger partial charge on any atom is -0.481 e. The van der Waals surface area contributed by atoms with Crippen molar-refractivity contribution in [2.45, 2.75) is 19.8 Å². The molecule has 1 heterocycles. The van der Waals surface area contributed by atoms with Crippen molar-refractivity contribution >= 4 is 23.2 Å². The second-order valence-electron chi connectivity index (χ2n) is 5.49. The van der Waals surface area contributed by atoms with E-state index in [2.05, 4.69) is 10.6 Å². The summed E-state index contributed by atoms with van der Waals surface area (Å²) >= 11 is 0. The van der Waals surface area contributed by atoms with Gasteiger partial charge in [-0.2, -0.15) is 0 Å². The smallest absolute Gasteiger partial charge is 0.262 e. The summed E-state index contributed by atoms with van der Waals surface area (Å²) in [5.41, 5.74) is 3.42. The van der Waals surface area contributed by atoms with E-state index in [1.165, 1.54) is 5.56 Å². The van der Waals surface area contributed by atoms with Crippen molar-refractivity contribution in [3.63, 3.8) is 0 Å². The number of anilines is 2. The van der Waals surface area contributed by atoms with Crippen molar-refractivity contribution in [1.29, 1.82) is 0 Å². The molecular formula is C18H18N2O3. The van der Waals surface area contributed by atoms with Crippen LogP contribution in [0.15, 0.2) is 42.5 Å². The zero-order valence-electron chi connectivity index (χ0n) is 12.9. The van der Waals surface area contributed by atoms with Gasteiger partial charge in [0.25, 0.3) is 5.91 Å². The maximum absolute atomic E-state index is 12.2. The van der Waals surface area contributed by atoms with Gasteiger partial charge in [0.1, 0.15) is 11.4 Å². The van der Waals surface area contributed by atoms with E-state index in [0.29, 0.717) is 30.0 Å². The number of nitrogens with one attached hydrogen (secondary N) is 2. The average molecular weight is 310 g/mol. The quantitative estimate of drug-likeness (QED) is 0.912. The molecular weight excluding hydrogens is 292 g/mol. The van der Waals surface area contributed by atoms with Crippen molar-refractivity contribution < 1.29 is 14.3 Å². The number of amides is 2. The first kappa shape index (κ1) is 15.1. The lowest BCUT2D eigenvalue weighted by Gasteiger charge is -2.20. The van der Waals surface area contributed by atoms with E-state index in [1.54, 1.807) is 18.2 Å². The number of para-hydroxylation sites is 1. The van der Waals surface area contributed by atoms with E-state index >= 15 is 0 Å². The minimum absolute atomic E-state index is 0.00230. The Morgan fingerprint density at radius 1 is 1.22 bits per heavy atom. The number of carbonyl (C=O) groups excluding carboxylic acids is 2. The van der Waals surface area contributed by atoms with Gasteiger partial charge in [0.2, 0.25) is 5.91 Å². The number of fused-ring (bicyclic) bond motifs is 1. The molecule has 1 aliphatic heterocycles. The van der Waals surface area contributed by atoms with Gasteiger partial charge >= 0.3 is 0 Å². The Hall–Kier alpha value is -2.82. The molecule has 2 N–H and O–H groups in total. The van der Waals surface area contributed by atoms with Crippen LogP contribution >= 0.6 is 0 Å².